The quantitative estimate of drug-likeness (QED) is 0.387. The molecule has 1 unspecified atom stereocenters. The fourth-order valence-electron chi connectivity index (χ4n) is 3.25. The Balaban J connectivity index is 1.38. The molecule has 1 atom stereocenters. The van der Waals surface area contributed by atoms with Crippen molar-refractivity contribution >= 4 is 11.8 Å². The van der Waals surface area contributed by atoms with E-state index in [1.54, 1.807) is 11.8 Å². The molecular formula is C24H19NO3S. The minimum absolute atomic E-state index is 0.0536. The Labute approximate surface area is 173 Å². The second kappa shape index (κ2) is 8.05. The summed E-state index contributed by atoms with van der Waals surface area (Å²) in [5, 5.41) is 0.630. The van der Waals surface area contributed by atoms with Gasteiger partial charge in [-0.15, -0.1) is 0 Å². The van der Waals surface area contributed by atoms with Crippen LogP contribution in [-0.2, 0) is 0 Å². The Bertz CT molecular complexity index is 1040. The standard InChI is InChI=1S/C24H19NO3S/c1-3-9-17(10-4-1)22-23(18-11-5-2-6-12-18)28-24(25-22)29-16-19-15-26-20-13-7-8-14-21(20)27-19/h1-14,19H,15-16H2. The third-order valence-electron chi connectivity index (χ3n) is 4.65. The molecule has 5 heteroatoms. The van der Waals surface area contributed by atoms with Crippen LogP contribution < -0.4 is 9.47 Å². The number of fused-ring (bicyclic) bond motifs is 1. The van der Waals surface area contributed by atoms with Gasteiger partial charge < -0.3 is 13.9 Å². The van der Waals surface area contributed by atoms with Gasteiger partial charge in [0.1, 0.15) is 18.4 Å². The Hall–Kier alpha value is -3.18. The molecule has 1 aliphatic rings. The molecule has 1 aliphatic heterocycles. The fourth-order valence-corrected chi connectivity index (χ4v) is 4.04. The van der Waals surface area contributed by atoms with Crippen molar-refractivity contribution in [2.45, 2.75) is 11.3 Å². The lowest BCUT2D eigenvalue weighted by atomic mass is 10.1. The zero-order valence-corrected chi connectivity index (χ0v) is 16.5. The summed E-state index contributed by atoms with van der Waals surface area (Å²) in [6.45, 7) is 0.516. The molecule has 0 radical (unpaired) electrons. The van der Waals surface area contributed by atoms with Crippen LogP contribution in [0.25, 0.3) is 22.6 Å². The average molecular weight is 401 g/mol. The highest BCUT2D eigenvalue weighted by Crippen LogP contribution is 2.37. The molecule has 0 bridgehead atoms. The van der Waals surface area contributed by atoms with Gasteiger partial charge in [0.05, 0.1) is 0 Å². The van der Waals surface area contributed by atoms with Crippen molar-refractivity contribution in [3.63, 3.8) is 0 Å². The molecule has 3 aromatic carbocycles. The van der Waals surface area contributed by atoms with E-state index in [1.165, 1.54) is 0 Å². The third-order valence-corrected chi connectivity index (χ3v) is 5.61. The number of rotatable bonds is 5. The van der Waals surface area contributed by atoms with Gasteiger partial charge >= 0.3 is 0 Å². The van der Waals surface area contributed by atoms with E-state index >= 15 is 0 Å². The van der Waals surface area contributed by atoms with Crippen LogP contribution in [0.15, 0.2) is 94.6 Å². The van der Waals surface area contributed by atoms with Crippen molar-refractivity contribution < 1.29 is 13.9 Å². The van der Waals surface area contributed by atoms with Crippen LogP contribution in [0.2, 0.25) is 0 Å². The van der Waals surface area contributed by atoms with Gasteiger partial charge in [-0.3, -0.25) is 0 Å². The number of para-hydroxylation sites is 2. The number of oxazole rings is 1. The molecule has 29 heavy (non-hydrogen) atoms. The van der Waals surface area contributed by atoms with Gasteiger partial charge in [-0.2, -0.15) is 0 Å². The van der Waals surface area contributed by atoms with Crippen molar-refractivity contribution in [3.05, 3.63) is 84.9 Å². The number of thioether (sulfide) groups is 1. The Kier molecular flexibility index (Phi) is 4.97. The van der Waals surface area contributed by atoms with E-state index in [1.807, 2.05) is 84.9 Å². The predicted octanol–water partition coefficient (Wildman–Crippen LogP) is 5.94. The number of aromatic nitrogens is 1. The topological polar surface area (TPSA) is 44.5 Å². The number of benzene rings is 3. The Morgan fingerprint density at radius 1 is 0.793 bits per heavy atom. The van der Waals surface area contributed by atoms with Gasteiger partial charge in [-0.05, 0) is 12.1 Å². The summed E-state index contributed by atoms with van der Waals surface area (Å²) in [6.07, 6.45) is -0.0536. The molecule has 0 N–H and O–H groups in total. The summed E-state index contributed by atoms with van der Waals surface area (Å²) in [4.78, 5) is 4.79. The molecule has 0 saturated heterocycles. The van der Waals surface area contributed by atoms with Crippen LogP contribution in [0.5, 0.6) is 11.5 Å². The van der Waals surface area contributed by atoms with E-state index in [9.17, 15) is 0 Å². The van der Waals surface area contributed by atoms with Crippen LogP contribution in [-0.4, -0.2) is 23.4 Å². The maximum atomic E-state index is 6.17. The molecule has 1 aromatic heterocycles. The summed E-state index contributed by atoms with van der Waals surface area (Å²) in [5.41, 5.74) is 2.90. The monoisotopic (exact) mass is 401 g/mol. The second-order valence-corrected chi connectivity index (χ2v) is 7.67. The highest BCUT2D eigenvalue weighted by Gasteiger charge is 2.23. The molecule has 0 spiro atoms. The smallest absolute Gasteiger partial charge is 0.256 e. The fraction of sp³-hybridized carbons (Fsp3) is 0.125. The highest BCUT2D eigenvalue weighted by atomic mass is 32.2. The molecular weight excluding hydrogens is 382 g/mol. The Morgan fingerprint density at radius 2 is 1.45 bits per heavy atom. The van der Waals surface area contributed by atoms with Crippen LogP contribution in [0, 0.1) is 0 Å². The van der Waals surface area contributed by atoms with E-state index in [4.69, 9.17) is 18.9 Å². The lowest BCUT2D eigenvalue weighted by molar-refractivity contribution is 0.107. The molecule has 4 aromatic rings. The SMILES string of the molecule is c1ccc(-c2nc(SCC3COc4ccccc4O3)oc2-c2ccccc2)cc1. The van der Waals surface area contributed by atoms with Gasteiger partial charge in [0.15, 0.2) is 17.3 Å². The van der Waals surface area contributed by atoms with Crippen molar-refractivity contribution in [2.24, 2.45) is 0 Å². The molecule has 144 valence electrons. The maximum Gasteiger partial charge on any atom is 0.256 e. The van der Waals surface area contributed by atoms with E-state index < -0.39 is 0 Å². The first kappa shape index (κ1) is 17.9. The van der Waals surface area contributed by atoms with Crippen LogP contribution >= 0.6 is 11.8 Å². The second-order valence-electron chi connectivity index (χ2n) is 6.70. The van der Waals surface area contributed by atoms with E-state index in [2.05, 4.69) is 0 Å². The molecule has 2 heterocycles. The van der Waals surface area contributed by atoms with Crippen LogP contribution in [0.1, 0.15) is 0 Å². The van der Waals surface area contributed by atoms with Gasteiger partial charge in [-0.1, -0.05) is 84.6 Å². The lowest BCUT2D eigenvalue weighted by Gasteiger charge is -2.25. The summed E-state index contributed by atoms with van der Waals surface area (Å²) < 4.78 is 18.0. The lowest BCUT2D eigenvalue weighted by Crippen LogP contribution is -2.31. The van der Waals surface area contributed by atoms with Gasteiger partial charge in [-0.25, -0.2) is 4.98 Å². The maximum absolute atomic E-state index is 6.17. The van der Waals surface area contributed by atoms with E-state index in [0.29, 0.717) is 17.6 Å². The number of ether oxygens (including phenoxy) is 2. The Morgan fingerprint density at radius 3 is 2.21 bits per heavy atom. The normalized spacial score (nSPS) is 15.2. The number of nitrogens with zero attached hydrogens (tertiary/aromatic N) is 1. The first-order valence-electron chi connectivity index (χ1n) is 9.50. The van der Waals surface area contributed by atoms with Crippen molar-refractivity contribution in [1.29, 1.82) is 0 Å². The summed E-state index contributed by atoms with van der Waals surface area (Å²) in [5.74, 6) is 3.05. The summed E-state index contributed by atoms with van der Waals surface area (Å²) in [7, 11) is 0. The summed E-state index contributed by atoms with van der Waals surface area (Å²) >= 11 is 1.54. The third kappa shape index (κ3) is 3.87. The first-order chi connectivity index (χ1) is 14.4. The number of hydrogen-bond acceptors (Lipinski definition) is 5. The largest absolute Gasteiger partial charge is 0.486 e. The first-order valence-corrected chi connectivity index (χ1v) is 10.5. The molecule has 0 amide bonds. The number of hydrogen-bond donors (Lipinski definition) is 0. The molecule has 0 fully saturated rings. The zero-order chi connectivity index (χ0) is 19.5. The average Bonchev–Trinajstić information content (AvgIpc) is 3.23. The van der Waals surface area contributed by atoms with Crippen molar-refractivity contribution in [1.82, 2.24) is 4.98 Å². The van der Waals surface area contributed by atoms with Crippen LogP contribution in [0.4, 0.5) is 0 Å². The predicted molar refractivity (Wildman–Crippen MR) is 114 cm³/mol. The molecule has 0 aliphatic carbocycles. The zero-order valence-electron chi connectivity index (χ0n) is 15.7. The van der Waals surface area contributed by atoms with E-state index in [-0.39, 0.29) is 6.10 Å². The van der Waals surface area contributed by atoms with Crippen molar-refractivity contribution in [3.8, 4) is 34.1 Å². The molecule has 0 saturated carbocycles. The van der Waals surface area contributed by atoms with Gasteiger partial charge in [0.25, 0.3) is 5.22 Å². The molecule has 4 nitrogen and oxygen atoms in total. The van der Waals surface area contributed by atoms with Crippen LogP contribution in [0.3, 0.4) is 0 Å². The minimum Gasteiger partial charge on any atom is -0.486 e. The van der Waals surface area contributed by atoms with Gasteiger partial charge in [0, 0.05) is 16.9 Å². The van der Waals surface area contributed by atoms with E-state index in [0.717, 1.165) is 34.1 Å². The molecule has 5 rings (SSSR count). The highest BCUT2D eigenvalue weighted by molar-refractivity contribution is 7.99. The minimum atomic E-state index is -0.0536. The summed E-state index contributed by atoms with van der Waals surface area (Å²) in [6, 6.07) is 27.9. The van der Waals surface area contributed by atoms with Crippen molar-refractivity contribution in [2.75, 3.05) is 12.4 Å². The van der Waals surface area contributed by atoms with Gasteiger partial charge in [0.2, 0.25) is 0 Å².